The van der Waals surface area contributed by atoms with Gasteiger partial charge in [0.2, 0.25) is 0 Å². The van der Waals surface area contributed by atoms with Crippen molar-refractivity contribution in [3.63, 3.8) is 0 Å². The van der Waals surface area contributed by atoms with Crippen molar-refractivity contribution in [2.75, 3.05) is 5.06 Å². The Morgan fingerprint density at radius 2 is 2.18 bits per heavy atom. The first-order valence-corrected chi connectivity index (χ1v) is 5.97. The van der Waals surface area contributed by atoms with Gasteiger partial charge in [0.15, 0.2) is 5.82 Å². The molecular formula is C12H15N2O2Si. The smallest absolute Gasteiger partial charge is 0.340 e. The molecular weight excluding hydrogens is 232 g/mol. The van der Waals surface area contributed by atoms with Gasteiger partial charge in [-0.3, -0.25) is 4.84 Å². The molecule has 2 heterocycles. The minimum atomic E-state index is -0.0418. The van der Waals surface area contributed by atoms with E-state index < -0.39 is 0 Å². The molecule has 0 aliphatic carbocycles. The minimum absolute atomic E-state index is 0.0157. The van der Waals surface area contributed by atoms with Crippen LogP contribution in [0, 0.1) is 6.92 Å². The summed E-state index contributed by atoms with van der Waals surface area (Å²) in [6.07, 6.45) is 1.89. The standard InChI is InChI=1S/C12H15N2O2Si/c1-8-5-4-6-12(13-8)14-10(3)11(16-17)7-9(2)15-14/h4-7,9-10H,1-3H3/t9-,10+/m0/s1. The van der Waals surface area contributed by atoms with Gasteiger partial charge in [-0.1, -0.05) is 6.07 Å². The van der Waals surface area contributed by atoms with Crippen LogP contribution in [-0.4, -0.2) is 27.6 Å². The fourth-order valence-corrected chi connectivity index (χ4v) is 2.05. The Bertz CT molecular complexity index is 436. The van der Waals surface area contributed by atoms with E-state index >= 15 is 0 Å². The molecule has 0 N–H and O–H groups in total. The monoisotopic (exact) mass is 247 g/mol. The highest BCUT2D eigenvalue weighted by atomic mass is 28.2. The summed E-state index contributed by atoms with van der Waals surface area (Å²) in [6.45, 7) is 5.92. The lowest BCUT2D eigenvalue weighted by atomic mass is 10.2. The molecule has 3 radical (unpaired) electrons. The zero-order valence-electron chi connectivity index (χ0n) is 10.2. The Hall–Kier alpha value is -1.33. The van der Waals surface area contributed by atoms with E-state index in [1.165, 1.54) is 0 Å². The van der Waals surface area contributed by atoms with Crippen molar-refractivity contribution in [2.45, 2.75) is 32.9 Å². The lowest BCUT2D eigenvalue weighted by Crippen LogP contribution is -2.42. The number of aryl methyl sites for hydroxylation is 1. The maximum atomic E-state index is 5.76. The molecule has 1 aliphatic heterocycles. The van der Waals surface area contributed by atoms with Gasteiger partial charge in [-0.25, -0.2) is 10.0 Å². The minimum Gasteiger partial charge on any atom is -0.542 e. The zero-order valence-corrected chi connectivity index (χ0v) is 11.2. The van der Waals surface area contributed by atoms with E-state index in [1.54, 1.807) is 5.06 Å². The van der Waals surface area contributed by atoms with Gasteiger partial charge in [0, 0.05) is 5.69 Å². The Kier molecular flexibility index (Phi) is 3.49. The van der Waals surface area contributed by atoms with Crippen LogP contribution in [-0.2, 0) is 9.26 Å². The van der Waals surface area contributed by atoms with Crippen molar-refractivity contribution >= 4 is 16.3 Å². The Labute approximate surface area is 105 Å². The van der Waals surface area contributed by atoms with Gasteiger partial charge in [-0.2, -0.15) is 0 Å². The molecule has 1 aromatic heterocycles. The van der Waals surface area contributed by atoms with Crippen molar-refractivity contribution in [2.24, 2.45) is 0 Å². The highest BCUT2D eigenvalue weighted by molar-refractivity contribution is 5.98. The summed E-state index contributed by atoms with van der Waals surface area (Å²) in [6, 6.07) is 5.83. The van der Waals surface area contributed by atoms with E-state index in [-0.39, 0.29) is 12.1 Å². The Morgan fingerprint density at radius 1 is 1.41 bits per heavy atom. The number of rotatable bonds is 2. The van der Waals surface area contributed by atoms with Gasteiger partial charge in [0.1, 0.15) is 17.9 Å². The van der Waals surface area contributed by atoms with E-state index in [4.69, 9.17) is 9.26 Å². The van der Waals surface area contributed by atoms with Crippen LogP contribution in [0.25, 0.3) is 0 Å². The number of nitrogens with zero attached hydrogens (tertiary/aromatic N) is 2. The molecule has 17 heavy (non-hydrogen) atoms. The first-order valence-electron chi connectivity index (χ1n) is 5.56. The third-order valence-corrected chi connectivity index (χ3v) is 2.90. The predicted octanol–water partition coefficient (Wildman–Crippen LogP) is 1.90. The summed E-state index contributed by atoms with van der Waals surface area (Å²) in [5.74, 6) is 1.61. The van der Waals surface area contributed by atoms with Gasteiger partial charge >= 0.3 is 10.5 Å². The molecule has 1 aliphatic rings. The molecule has 2 atom stereocenters. The molecule has 2 rings (SSSR count). The number of hydroxylamine groups is 1. The van der Waals surface area contributed by atoms with Crippen molar-refractivity contribution in [3.05, 3.63) is 35.7 Å². The topological polar surface area (TPSA) is 34.6 Å². The van der Waals surface area contributed by atoms with Crippen LogP contribution < -0.4 is 5.06 Å². The van der Waals surface area contributed by atoms with Crippen LogP contribution in [0.4, 0.5) is 5.82 Å². The molecule has 1 aromatic rings. The van der Waals surface area contributed by atoms with Crippen molar-refractivity contribution in [1.29, 1.82) is 0 Å². The van der Waals surface area contributed by atoms with Crippen molar-refractivity contribution in [3.8, 4) is 0 Å². The predicted molar refractivity (Wildman–Crippen MR) is 66.4 cm³/mol. The molecule has 0 aromatic carbocycles. The first-order chi connectivity index (χ1) is 8.11. The molecule has 0 saturated carbocycles. The SMILES string of the molecule is Cc1cccc(N2O[C@@H](C)C=C(O[Si])[C@H]2C)n1. The molecule has 5 heteroatoms. The second-order valence-electron chi connectivity index (χ2n) is 4.12. The van der Waals surface area contributed by atoms with Gasteiger partial charge in [0.05, 0.1) is 0 Å². The molecule has 0 unspecified atom stereocenters. The summed E-state index contributed by atoms with van der Waals surface area (Å²) >= 11 is 0. The van der Waals surface area contributed by atoms with Crippen LogP contribution in [0.5, 0.6) is 0 Å². The highest BCUT2D eigenvalue weighted by Crippen LogP contribution is 2.25. The van der Waals surface area contributed by atoms with E-state index in [2.05, 4.69) is 15.5 Å². The van der Waals surface area contributed by atoms with Crippen molar-refractivity contribution in [1.82, 2.24) is 4.98 Å². The quantitative estimate of drug-likeness (QED) is 0.748. The Balaban J connectivity index is 2.30. The largest absolute Gasteiger partial charge is 0.542 e. The van der Waals surface area contributed by atoms with Gasteiger partial charge < -0.3 is 4.43 Å². The lowest BCUT2D eigenvalue weighted by molar-refractivity contribution is 0.0389. The van der Waals surface area contributed by atoms with Gasteiger partial charge in [-0.15, -0.1) is 0 Å². The van der Waals surface area contributed by atoms with E-state index in [0.29, 0.717) is 0 Å². The number of anilines is 1. The average molecular weight is 247 g/mol. The number of pyridine rings is 1. The van der Waals surface area contributed by atoms with E-state index in [1.807, 2.05) is 45.0 Å². The molecule has 4 nitrogen and oxygen atoms in total. The third-order valence-electron chi connectivity index (χ3n) is 2.66. The fraction of sp³-hybridized carbons (Fsp3) is 0.417. The molecule has 0 saturated heterocycles. The summed E-state index contributed by atoms with van der Waals surface area (Å²) in [5, 5.41) is 1.77. The third kappa shape index (κ3) is 2.50. The summed E-state index contributed by atoms with van der Waals surface area (Å²) in [4.78, 5) is 10.2. The van der Waals surface area contributed by atoms with E-state index in [0.717, 1.165) is 17.3 Å². The molecule has 0 amide bonds. The summed E-state index contributed by atoms with van der Waals surface area (Å²) in [7, 11) is 3.07. The number of hydrogen-bond acceptors (Lipinski definition) is 4. The van der Waals surface area contributed by atoms with Gasteiger partial charge in [-0.05, 0) is 39.0 Å². The normalized spacial score (nSPS) is 24.5. The maximum absolute atomic E-state index is 5.76. The molecule has 0 fully saturated rings. The molecule has 0 bridgehead atoms. The first kappa shape index (κ1) is 12.1. The lowest BCUT2D eigenvalue weighted by Gasteiger charge is -2.35. The van der Waals surface area contributed by atoms with E-state index in [9.17, 15) is 0 Å². The van der Waals surface area contributed by atoms with Crippen LogP contribution in [0.3, 0.4) is 0 Å². The molecule has 89 valence electrons. The van der Waals surface area contributed by atoms with Crippen LogP contribution >= 0.6 is 0 Å². The Morgan fingerprint density at radius 3 is 2.82 bits per heavy atom. The zero-order chi connectivity index (χ0) is 12.4. The second kappa shape index (κ2) is 4.89. The van der Waals surface area contributed by atoms with Gasteiger partial charge in [0.25, 0.3) is 0 Å². The van der Waals surface area contributed by atoms with Crippen LogP contribution in [0.1, 0.15) is 19.5 Å². The van der Waals surface area contributed by atoms with Crippen LogP contribution in [0.2, 0.25) is 0 Å². The fourth-order valence-electron chi connectivity index (χ4n) is 1.81. The summed E-state index contributed by atoms with van der Waals surface area (Å²) in [5.41, 5.74) is 0.960. The molecule has 0 spiro atoms. The van der Waals surface area contributed by atoms with Crippen LogP contribution in [0.15, 0.2) is 30.0 Å². The second-order valence-corrected chi connectivity index (χ2v) is 4.32. The number of aromatic nitrogens is 1. The number of hydrogen-bond donors (Lipinski definition) is 0. The van der Waals surface area contributed by atoms with Crippen molar-refractivity contribution < 1.29 is 9.26 Å². The average Bonchev–Trinajstić information content (AvgIpc) is 2.31. The maximum Gasteiger partial charge on any atom is 0.340 e. The highest BCUT2D eigenvalue weighted by Gasteiger charge is 2.27. The summed E-state index contributed by atoms with van der Waals surface area (Å²) < 4.78 is 5.17.